The molecule has 0 aromatic rings. The third kappa shape index (κ3) is 1.46. The maximum atomic E-state index is 10.8. The Morgan fingerprint density at radius 1 is 1.78 bits per heavy atom. The lowest BCUT2D eigenvalue weighted by Gasteiger charge is -2.13. The molecule has 0 aromatic carbocycles. The van der Waals surface area contributed by atoms with Crippen LogP contribution in [0.2, 0.25) is 0 Å². The van der Waals surface area contributed by atoms with Crippen molar-refractivity contribution < 1.29 is 4.79 Å². The molecule has 0 spiro atoms. The average Bonchev–Trinajstić information content (AvgIpc) is 2.13. The summed E-state index contributed by atoms with van der Waals surface area (Å²) in [5.74, 6) is 2.28. The maximum Gasteiger partial charge on any atom is 0.147 e. The van der Waals surface area contributed by atoms with E-state index in [1.807, 2.05) is 18.8 Å². The first kappa shape index (κ1) is 7.09. The Balaban J connectivity index is 2.49. The Morgan fingerprint density at radius 2 is 2.44 bits per heavy atom. The molecule has 0 N–H and O–H groups in total. The van der Waals surface area contributed by atoms with Gasteiger partial charge < -0.3 is 0 Å². The summed E-state index contributed by atoms with van der Waals surface area (Å²) in [7, 11) is 1.99. The van der Waals surface area contributed by atoms with Crippen molar-refractivity contribution in [2.24, 2.45) is 0 Å². The van der Waals surface area contributed by atoms with E-state index in [9.17, 15) is 4.79 Å². The van der Waals surface area contributed by atoms with E-state index in [1.165, 1.54) is 0 Å². The number of carbonyl (C=O) groups is 1. The van der Waals surface area contributed by atoms with Crippen molar-refractivity contribution >= 4 is 17.5 Å². The van der Waals surface area contributed by atoms with Crippen LogP contribution in [-0.2, 0) is 4.79 Å². The van der Waals surface area contributed by atoms with E-state index in [0.29, 0.717) is 5.78 Å². The second kappa shape index (κ2) is 2.71. The Hall–Kier alpha value is -0.0200. The molecule has 0 aliphatic carbocycles. The molecule has 1 fully saturated rings. The van der Waals surface area contributed by atoms with E-state index in [4.69, 9.17) is 0 Å². The standard InChI is InChI=1S/C6H11NOS/c1-5(8)6-3-9-4-7(6)2/h6H,3-4H2,1-2H3/t6-/m1/s1. The highest BCUT2D eigenvalue weighted by Crippen LogP contribution is 2.18. The monoisotopic (exact) mass is 145 g/mol. The molecule has 0 amide bonds. The highest BCUT2D eigenvalue weighted by molar-refractivity contribution is 7.99. The normalized spacial score (nSPS) is 28.9. The predicted molar refractivity (Wildman–Crippen MR) is 39.6 cm³/mol. The maximum absolute atomic E-state index is 10.8. The topological polar surface area (TPSA) is 20.3 Å². The summed E-state index contributed by atoms with van der Waals surface area (Å²) in [6, 6.07) is 0.190. The first-order chi connectivity index (χ1) is 4.22. The van der Waals surface area contributed by atoms with Gasteiger partial charge in [0.2, 0.25) is 0 Å². The Kier molecular flexibility index (Phi) is 2.13. The molecule has 1 atom stereocenters. The van der Waals surface area contributed by atoms with E-state index in [2.05, 4.69) is 4.90 Å². The second-order valence-corrected chi connectivity index (χ2v) is 3.38. The number of hydrogen-bond acceptors (Lipinski definition) is 3. The predicted octanol–water partition coefficient (Wildman–Crippen LogP) is 0.580. The van der Waals surface area contributed by atoms with E-state index in [1.54, 1.807) is 6.92 Å². The summed E-state index contributed by atoms with van der Waals surface area (Å²) >= 11 is 1.82. The van der Waals surface area contributed by atoms with Crippen LogP contribution in [0.3, 0.4) is 0 Å². The molecule has 2 nitrogen and oxygen atoms in total. The molecule has 3 heteroatoms. The number of Topliss-reactive ketones (excluding diaryl/α,β-unsaturated/α-hetero) is 1. The van der Waals surface area contributed by atoms with Gasteiger partial charge in [0, 0.05) is 11.6 Å². The van der Waals surface area contributed by atoms with Gasteiger partial charge in [-0.2, -0.15) is 0 Å². The minimum atomic E-state index is 0.190. The third-order valence-corrected chi connectivity index (χ3v) is 2.71. The largest absolute Gasteiger partial charge is 0.298 e. The van der Waals surface area contributed by atoms with E-state index >= 15 is 0 Å². The minimum Gasteiger partial charge on any atom is -0.298 e. The quantitative estimate of drug-likeness (QED) is 0.538. The smallest absolute Gasteiger partial charge is 0.147 e. The summed E-state index contributed by atoms with van der Waals surface area (Å²) in [5.41, 5.74) is 0. The molecule has 0 radical (unpaired) electrons. The molecule has 1 rings (SSSR count). The van der Waals surface area contributed by atoms with Crippen molar-refractivity contribution in [3.8, 4) is 0 Å². The molecular formula is C6H11NOS. The van der Waals surface area contributed by atoms with Gasteiger partial charge in [-0.3, -0.25) is 9.69 Å². The van der Waals surface area contributed by atoms with Crippen molar-refractivity contribution in [2.75, 3.05) is 18.7 Å². The van der Waals surface area contributed by atoms with Gasteiger partial charge in [-0.25, -0.2) is 0 Å². The Morgan fingerprint density at radius 3 is 2.67 bits per heavy atom. The molecule has 0 aromatic heterocycles. The van der Waals surface area contributed by atoms with Crippen molar-refractivity contribution in [1.29, 1.82) is 0 Å². The van der Waals surface area contributed by atoms with Gasteiger partial charge in [0.15, 0.2) is 0 Å². The minimum absolute atomic E-state index is 0.190. The van der Waals surface area contributed by atoms with Gasteiger partial charge in [-0.05, 0) is 14.0 Å². The average molecular weight is 145 g/mol. The highest BCUT2D eigenvalue weighted by atomic mass is 32.2. The first-order valence-electron chi connectivity index (χ1n) is 3.00. The summed E-state index contributed by atoms with van der Waals surface area (Å²) in [4.78, 5) is 12.9. The Bertz CT molecular complexity index is 126. The van der Waals surface area contributed by atoms with Gasteiger partial charge in [0.05, 0.1) is 6.04 Å². The molecular weight excluding hydrogens is 134 g/mol. The fraction of sp³-hybridized carbons (Fsp3) is 0.833. The molecule has 0 bridgehead atoms. The second-order valence-electron chi connectivity index (χ2n) is 2.38. The number of hydrogen-bond donors (Lipinski definition) is 0. The van der Waals surface area contributed by atoms with Crippen LogP contribution in [0, 0.1) is 0 Å². The van der Waals surface area contributed by atoms with Crippen LogP contribution in [0.15, 0.2) is 0 Å². The molecule has 0 unspecified atom stereocenters. The van der Waals surface area contributed by atoms with Gasteiger partial charge in [-0.1, -0.05) is 0 Å². The van der Waals surface area contributed by atoms with E-state index < -0.39 is 0 Å². The highest BCUT2D eigenvalue weighted by Gasteiger charge is 2.24. The van der Waals surface area contributed by atoms with E-state index in [0.717, 1.165) is 11.6 Å². The lowest BCUT2D eigenvalue weighted by Crippen LogP contribution is -2.32. The molecule has 1 aliphatic heterocycles. The zero-order valence-electron chi connectivity index (χ0n) is 5.76. The lowest BCUT2D eigenvalue weighted by molar-refractivity contribution is -0.120. The summed E-state index contributed by atoms with van der Waals surface area (Å²) < 4.78 is 0. The zero-order valence-corrected chi connectivity index (χ0v) is 6.57. The van der Waals surface area contributed by atoms with Crippen molar-refractivity contribution in [1.82, 2.24) is 4.90 Å². The molecule has 1 saturated heterocycles. The van der Waals surface area contributed by atoms with Crippen LogP contribution < -0.4 is 0 Å². The SMILES string of the molecule is CC(=O)[C@H]1CSCN1C. The summed E-state index contributed by atoms with van der Waals surface area (Å²) in [6.07, 6.45) is 0. The van der Waals surface area contributed by atoms with Crippen LogP contribution in [0.1, 0.15) is 6.92 Å². The van der Waals surface area contributed by atoms with Crippen LogP contribution in [-0.4, -0.2) is 35.4 Å². The van der Waals surface area contributed by atoms with Gasteiger partial charge in [-0.15, -0.1) is 11.8 Å². The fourth-order valence-electron chi connectivity index (χ4n) is 0.953. The number of carbonyl (C=O) groups excluding carboxylic acids is 1. The van der Waals surface area contributed by atoms with Crippen molar-refractivity contribution in [2.45, 2.75) is 13.0 Å². The lowest BCUT2D eigenvalue weighted by atomic mass is 10.2. The van der Waals surface area contributed by atoms with Crippen molar-refractivity contribution in [3.05, 3.63) is 0 Å². The molecule has 52 valence electrons. The fourth-order valence-corrected chi connectivity index (χ4v) is 2.24. The molecule has 9 heavy (non-hydrogen) atoms. The zero-order chi connectivity index (χ0) is 6.85. The summed E-state index contributed by atoms with van der Waals surface area (Å²) in [6.45, 7) is 1.66. The van der Waals surface area contributed by atoms with Crippen LogP contribution in [0.25, 0.3) is 0 Å². The van der Waals surface area contributed by atoms with Gasteiger partial charge >= 0.3 is 0 Å². The number of ketones is 1. The number of nitrogens with zero attached hydrogens (tertiary/aromatic N) is 1. The number of thioether (sulfide) groups is 1. The molecule has 0 saturated carbocycles. The molecule has 1 heterocycles. The van der Waals surface area contributed by atoms with Crippen molar-refractivity contribution in [3.63, 3.8) is 0 Å². The van der Waals surface area contributed by atoms with E-state index in [-0.39, 0.29) is 6.04 Å². The van der Waals surface area contributed by atoms with Crippen LogP contribution in [0.5, 0.6) is 0 Å². The summed E-state index contributed by atoms with van der Waals surface area (Å²) in [5, 5.41) is 0. The number of likely N-dealkylation sites (N-methyl/N-ethyl adjacent to an activating group) is 1. The van der Waals surface area contributed by atoms with Crippen LogP contribution >= 0.6 is 11.8 Å². The molecule has 1 aliphatic rings. The van der Waals surface area contributed by atoms with Gasteiger partial charge in [0.25, 0.3) is 0 Å². The first-order valence-corrected chi connectivity index (χ1v) is 4.15. The number of rotatable bonds is 1. The Labute approximate surface area is 59.6 Å². The third-order valence-electron chi connectivity index (χ3n) is 1.57. The van der Waals surface area contributed by atoms with Crippen LogP contribution in [0.4, 0.5) is 0 Å². The van der Waals surface area contributed by atoms with Gasteiger partial charge in [0.1, 0.15) is 5.78 Å².